The Hall–Kier alpha value is -4.08. The SMILES string of the molecule is Cc1ccc2c(c1)B1c3sc4cccc(C(C)(C)C)c4c3N(c3ccc(C(C)(C)C)cc3)c3cc(-c4cccc5c4CCCC5)cc(c31)C2(C)C. The lowest BCUT2D eigenvalue weighted by Gasteiger charge is -2.45. The first-order valence-corrected chi connectivity index (χ1v) is 19.9. The van der Waals surface area contributed by atoms with Gasteiger partial charge in [-0.25, -0.2) is 0 Å². The van der Waals surface area contributed by atoms with E-state index in [9.17, 15) is 0 Å². The van der Waals surface area contributed by atoms with E-state index in [1.165, 1.54) is 101 Å². The Morgan fingerprint density at radius 1 is 0.745 bits per heavy atom. The van der Waals surface area contributed by atoms with Gasteiger partial charge in [0.2, 0.25) is 0 Å². The average molecular weight is 684 g/mol. The third-order valence-electron chi connectivity index (χ3n) is 12.3. The van der Waals surface area contributed by atoms with Crippen molar-refractivity contribution in [2.75, 3.05) is 4.90 Å². The van der Waals surface area contributed by atoms with Crippen LogP contribution in [-0.2, 0) is 29.1 Å². The molecule has 3 aliphatic rings. The maximum Gasteiger partial charge on any atom is 0.260 e. The second-order valence-electron chi connectivity index (χ2n) is 18.1. The van der Waals surface area contributed by atoms with Crippen molar-refractivity contribution in [2.24, 2.45) is 0 Å². The number of hydrogen-bond donors (Lipinski definition) is 0. The first-order valence-electron chi connectivity index (χ1n) is 19.1. The van der Waals surface area contributed by atoms with Crippen LogP contribution in [0.3, 0.4) is 0 Å². The Morgan fingerprint density at radius 3 is 2.24 bits per heavy atom. The molecule has 0 radical (unpaired) electrons. The summed E-state index contributed by atoms with van der Waals surface area (Å²) < 4.78 is 2.86. The fraction of sp³-hybridized carbons (Fsp3) is 0.333. The van der Waals surface area contributed by atoms with Gasteiger partial charge in [-0.2, -0.15) is 0 Å². The molecule has 5 aromatic carbocycles. The van der Waals surface area contributed by atoms with Gasteiger partial charge < -0.3 is 4.90 Å². The largest absolute Gasteiger partial charge is 0.310 e. The minimum atomic E-state index is -0.152. The van der Waals surface area contributed by atoms with E-state index in [0.717, 1.165) is 6.42 Å². The summed E-state index contributed by atoms with van der Waals surface area (Å²) in [7, 11) is 0. The van der Waals surface area contributed by atoms with Crippen molar-refractivity contribution in [3.63, 3.8) is 0 Å². The van der Waals surface area contributed by atoms with Crippen LogP contribution in [0.1, 0.15) is 107 Å². The Bertz CT molecular complexity index is 2380. The summed E-state index contributed by atoms with van der Waals surface area (Å²) in [5.41, 5.74) is 19.8. The molecule has 3 heteroatoms. The minimum absolute atomic E-state index is 0.00441. The predicted octanol–water partition coefficient (Wildman–Crippen LogP) is 11.3. The predicted molar refractivity (Wildman–Crippen MR) is 224 cm³/mol. The number of fused-ring (bicyclic) bond motifs is 7. The van der Waals surface area contributed by atoms with E-state index in [2.05, 4.69) is 158 Å². The molecule has 0 fully saturated rings. The molecule has 6 aromatic rings. The molecule has 0 atom stereocenters. The molecule has 0 unspecified atom stereocenters. The summed E-state index contributed by atoms with van der Waals surface area (Å²) in [6.45, 7) is 21.5. The molecule has 0 bridgehead atoms. The first-order chi connectivity index (χ1) is 24.2. The van der Waals surface area contributed by atoms with Crippen molar-refractivity contribution >= 4 is 60.9 Å². The zero-order valence-electron chi connectivity index (χ0n) is 31.9. The van der Waals surface area contributed by atoms with Gasteiger partial charge in [0.05, 0.1) is 5.69 Å². The summed E-state index contributed by atoms with van der Waals surface area (Å²) >= 11 is 2.02. The molecule has 0 saturated heterocycles. The normalized spacial score (nSPS) is 16.1. The standard InChI is InChI=1S/C48H50BNS/c1-29-20-25-36-39(26-29)49-43-38(48(36,8)9)27-31(35-17-12-15-30-14-10-11-16-34(30)35)28-40(43)50(33-23-21-32(22-24-33)46(2,3)4)44-42-37(47(5,6)7)18-13-19-41(42)51-45(44)49/h12-13,15,17-28H,10-11,14,16H2,1-9H3. The Morgan fingerprint density at radius 2 is 1.49 bits per heavy atom. The minimum Gasteiger partial charge on any atom is -0.310 e. The fourth-order valence-corrected chi connectivity index (χ4v) is 11.0. The van der Waals surface area contributed by atoms with Crippen LogP contribution < -0.4 is 20.6 Å². The first kappa shape index (κ1) is 32.8. The van der Waals surface area contributed by atoms with E-state index in [1.54, 1.807) is 11.1 Å². The third kappa shape index (κ3) is 4.94. The lowest BCUT2D eigenvalue weighted by atomic mass is 9.32. The van der Waals surface area contributed by atoms with Crippen molar-refractivity contribution in [1.82, 2.24) is 0 Å². The molecule has 3 heterocycles. The van der Waals surface area contributed by atoms with Gasteiger partial charge in [0.1, 0.15) is 0 Å². The number of hydrogen-bond acceptors (Lipinski definition) is 2. The van der Waals surface area contributed by atoms with Crippen LogP contribution in [-0.4, -0.2) is 6.71 Å². The highest BCUT2D eigenvalue weighted by Gasteiger charge is 2.48. The molecule has 0 N–H and O–H groups in total. The highest BCUT2D eigenvalue weighted by molar-refractivity contribution is 7.33. The highest BCUT2D eigenvalue weighted by Crippen LogP contribution is 2.50. The topological polar surface area (TPSA) is 3.24 Å². The molecule has 1 aromatic heterocycles. The molecular weight excluding hydrogens is 633 g/mol. The molecule has 256 valence electrons. The molecule has 0 spiro atoms. The average Bonchev–Trinajstić information content (AvgIpc) is 3.47. The van der Waals surface area contributed by atoms with E-state index < -0.39 is 0 Å². The highest BCUT2D eigenvalue weighted by atomic mass is 32.1. The molecule has 2 aliphatic heterocycles. The Balaban J connectivity index is 1.44. The number of rotatable bonds is 2. The Kier molecular flexibility index (Phi) is 7.21. The van der Waals surface area contributed by atoms with Crippen LogP contribution in [0, 0.1) is 6.92 Å². The maximum absolute atomic E-state index is 2.68. The van der Waals surface area contributed by atoms with Crippen LogP contribution in [0.2, 0.25) is 0 Å². The van der Waals surface area contributed by atoms with E-state index in [1.807, 2.05) is 11.3 Å². The van der Waals surface area contributed by atoms with Gasteiger partial charge in [0, 0.05) is 31.7 Å². The smallest absolute Gasteiger partial charge is 0.260 e. The quantitative estimate of drug-likeness (QED) is 0.164. The van der Waals surface area contributed by atoms with Gasteiger partial charge >= 0.3 is 0 Å². The number of nitrogens with zero attached hydrogens (tertiary/aromatic N) is 1. The second kappa shape index (κ2) is 11.2. The summed E-state index contributed by atoms with van der Waals surface area (Å²) in [5.74, 6) is 0. The summed E-state index contributed by atoms with van der Waals surface area (Å²) in [4.78, 5) is 2.68. The number of benzene rings is 5. The van der Waals surface area contributed by atoms with E-state index in [-0.39, 0.29) is 23.0 Å². The summed E-state index contributed by atoms with van der Waals surface area (Å²) in [5, 5.41) is 1.42. The van der Waals surface area contributed by atoms with E-state index in [4.69, 9.17) is 0 Å². The molecule has 1 aliphatic carbocycles. The molecule has 0 amide bonds. The molecular formula is C48H50BNS. The van der Waals surface area contributed by atoms with Gasteiger partial charge in [0.25, 0.3) is 6.71 Å². The fourth-order valence-electron chi connectivity index (χ4n) is 9.61. The summed E-state index contributed by atoms with van der Waals surface area (Å²) in [6, 6.07) is 36.1. The van der Waals surface area contributed by atoms with Gasteiger partial charge in [-0.1, -0.05) is 133 Å². The van der Waals surface area contributed by atoms with Crippen LogP contribution in [0.5, 0.6) is 0 Å². The van der Waals surface area contributed by atoms with Gasteiger partial charge in [0.15, 0.2) is 0 Å². The molecule has 0 saturated carbocycles. The van der Waals surface area contributed by atoms with E-state index >= 15 is 0 Å². The van der Waals surface area contributed by atoms with Crippen LogP contribution in [0.4, 0.5) is 17.1 Å². The van der Waals surface area contributed by atoms with Gasteiger partial charge in [-0.15, -0.1) is 11.3 Å². The second-order valence-corrected chi connectivity index (χ2v) is 19.2. The maximum atomic E-state index is 2.68. The molecule has 9 rings (SSSR count). The number of thiophene rings is 1. The van der Waals surface area contributed by atoms with E-state index in [0.29, 0.717) is 0 Å². The third-order valence-corrected chi connectivity index (χ3v) is 13.5. The molecule has 51 heavy (non-hydrogen) atoms. The van der Waals surface area contributed by atoms with Crippen molar-refractivity contribution in [2.45, 2.75) is 104 Å². The van der Waals surface area contributed by atoms with Crippen LogP contribution >= 0.6 is 11.3 Å². The lowest BCUT2D eigenvalue weighted by Crippen LogP contribution is -2.63. The zero-order valence-corrected chi connectivity index (χ0v) is 32.7. The number of aryl methyl sites for hydroxylation is 2. The zero-order chi connectivity index (χ0) is 35.6. The number of anilines is 3. The van der Waals surface area contributed by atoms with Crippen molar-refractivity contribution in [3.05, 3.63) is 130 Å². The van der Waals surface area contributed by atoms with Crippen molar-refractivity contribution in [3.8, 4) is 11.1 Å². The lowest BCUT2D eigenvalue weighted by molar-refractivity contribution is 0.590. The molecule has 1 nitrogen and oxygen atoms in total. The Labute approximate surface area is 309 Å². The van der Waals surface area contributed by atoms with Crippen molar-refractivity contribution < 1.29 is 0 Å². The van der Waals surface area contributed by atoms with Crippen LogP contribution in [0.25, 0.3) is 21.2 Å². The van der Waals surface area contributed by atoms with Gasteiger partial charge in [-0.05, 0) is 118 Å². The van der Waals surface area contributed by atoms with Crippen molar-refractivity contribution in [1.29, 1.82) is 0 Å². The van der Waals surface area contributed by atoms with Crippen LogP contribution in [0.15, 0.2) is 91.0 Å². The van der Waals surface area contributed by atoms with Gasteiger partial charge in [-0.3, -0.25) is 0 Å². The monoisotopic (exact) mass is 683 g/mol. The summed E-state index contributed by atoms with van der Waals surface area (Å²) in [6.07, 6.45) is 4.92.